The molecule has 11 heteroatoms. The molecule has 0 spiro atoms. The van der Waals surface area contributed by atoms with Crippen molar-refractivity contribution in [1.82, 2.24) is 25.3 Å². The molecule has 2 N–H and O–H groups in total. The van der Waals surface area contributed by atoms with Gasteiger partial charge in [0.2, 0.25) is 5.95 Å². The molecular weight excluding hydrogens is 514 g/mol. The molecule has 0 aliphatic carbocycles. The first-order valence-electron chi connectivity index (χ1n) is 13.1. The van der Waals surface area contributed by atoms with Gasteiger partial charge in [0.05, 0.1) is 27.9 Å². The van der Waals surface area contributed by atoms with Gasteiger partial charge in [0.25, 0.3) is 0 Å². The Kier molecular flexibility index (Phi) is 7.69. The van der Waals surface area contributed by atoms with Gasteiger partial charge >= 0.3 is 12.0 Å². The van der Waals surface area contributed by atoms with Gasteiger partial charge in [-0.2, -0.15) is 0 Å². The van der Waals surface area contributed by atoms with E-state index in [0.29, 0.717) is 50.2 Å². The monoisotopic (exact) mass is 545 g/mol. The number of urea groups is 1. The van der Waals surface area contributed by atoms with E-state index in [1.54, 1.807) is 6.20 Å². The van der Waals surface area contributed by atoms with Crippen LogP contribution in [-0.4, -0.2) is 58.2 Å². The molecule has 1 fully saturated rings. The molecule has 1 aromatic carbocycles. The van der Waals surface area contributed by atoms with E-state index in [4.69, 9.17) is 4.74 Å². The van der Waals surface area contributed by atoms with Crippen LogP contribution in [0.5, 0.6) is 0 Å². The van der Waals surface area contributed by atoms with Crippen LogP contribution in [0.4, 0.5) is 15.9 Å². The fraction of sp³-hybridized carbons (Fsp3) is 0.357. The molecule has 0 unspecified atom stereocenters. The first kappa shape index (κ1) is 26.5. The lowest BCUT2D eigenvalue weighted by Crippen LogP contribution is -2.44. The number of ether oxygens (including phenoxy) is 1. The standard InChI is InChI=1S/C28H31N7O3S/c1-4-29-26(37)34-27-33-22-15-18(14-20(23(22)39-27)21-8-6-7-11-30-21)19-16-31-25(32-17-19)35-12-9-28(3,10-13-35)24(36)38-5-2/h6-8,11,14-17H,4-5,9-10,12-13H2,1-3H3,(H2,29,33,34,37). The number of benzene rings is 1. The summed E-state index contributed by atoms with van der Waals surface area (Å²) in [4.78, 5) is 45.1. The van der Waals surface area contributed by atoms with Crippen molar-refractivity contribution in [2.75, 3.05) is 36.5 Å². The normalized spacial score (nSPS) is 14.7. The van der Waals surface area contributed by atoms with Crippen molar-refractivity contribution in [1.29, 1.82) is 0 Å². The minimum absolute atomic E-state index is 0.133. The Hall–Kier alpha value is -4.12. The molecule has 1 saturated heterocycles. The third kappa shape index (κ3) is 5.68. The second-order valence-electron chi connectivity index (χ2n) is 9.63. The number of carbonyl (C=O) groups is 2. The minimum Gasteiger partial charge on any atom is -0.466 e. The Balaban J connectivity index is 1.42. The highest BCUT2D eigenvalue weighted by Crippen LogP contribution is 2.38. The molecule has 0 atom stereocenters. The van der Waals surface area contributed by atoms with Crippen molar-refractivity contribution < 1.29 is 14.3 Å². The number of amides is 2. The second kappa shape index (κ2) is 11.3. The number of nitrogens with one attached hydrogen (secondary N) is 2. The van der Waals surface area contributed by atoms with E-state index in [0.717, 1.165) is 32.6 Å². The first-order chi connectivity index (χ1) is 18.9. The van der Waals surface area contributed by atoms with E-state index in [-0.39, 0.29) is 12.0 Å². The average molecular weight is 546 g/mol. The van der Waals surface area contributed by atoms with Crippen molar-refractivity contribution in [2.45, 2.75) is 33.6 Å². The Bertz CT molecular complexity index is 1470. The summed E-state index contributed by atoms with van der Waals surface area (Å²) in [5.74, 6) is 0.504. The topological polar surface area (TPSA) is 122 Å². The number of anilines is 2. The predicted molar refractivity (Wildman–Crippen MR) is 153 cm³/mol. The third-order valence-corrected chi connectivity index (χ3v) is 7.90. The fourth-order valence-electron chi connectivity index (χ4n) is 4.61. The first-order valence-corrected chi connectivity index (χ1v) is 13.9. The van der Waals surface area contributed by atoms with E-state index in [2.05, 4.69) is 41.5 Å². The number of hydrogen-bond donors (Lipinski definition) is 2. The van der Waals surface area contributed by atoms with E-state index in [9.17, 15) is 9.59 Å². The van der Waals surface area contributed by atoms with Crippen LogP contribution in [0.3, 0.4) is 0 Å². The van der Waals surface area contributed by atoms with Crippen molar-refractivity contribution >= 4 is 44.6 Å². The third-order valence-electron chi connectivity index (χ3n) is 6.88. The highest BCUT2D eigenvalue weighted by atomic mass is 32.1. The maximum absolute atomic E-state index is 12.4. The van der Waals surface area contributed by atoms with Crippen LogP contribution >= 0.6 is 11.3 Å². The maximum atomic E-state index is 12.4. The lowest BCUT2D eigenvalue weighted by atomic mass is 9.80. The molecule has 202 valence electrons. The zero-order valence-corrected chi connectivity index (χ0v) is 23.0. The highest BCUT2D eigenvalue weighted by Gasteiger charge is 2.38. The van der Waals surface area contributed by atoms with Crippen LogP contribution in [0.25, 0.3) is 32.6 Å². The predicted octanol–water partition coefficient (Wildman–Crippen LogP) is 5.13. The van der Waals surface area contributed by atoms with Crippen LogP contribution in [-0.2, 0) is 9.53 Å². The van der Waals surface area contributed by atoms with Gasteiger partial charge in [-0.15, -0.1) is 0 Å². The lowest BCUT2D eigenvalue weighted by molar-refractivity contribution is -0.155. The molecule has 4 heterocycles. The maximum Gasteiger partial charge on any atom is 0.321 e. The molecule has 3 aromatic heterocycles. The molecule has 1 aliphatic heterocycles. The summed E-state index contributed by atoms with van der Waals surface area (Å²) >= 11 is 1.41. The Labute approximate surface area is 230 Å². The summed E-state index contributed by atoms with van der Waals surface area (Å²) in [5, 5.41) is 6.05. The number of thiazole rings is 1. The molecule has 0 bridgehead atoms. The summed E-state index contributed by atoms with van der Waals surface area (Å²) in [7, 11) is 0. The van der Waals surface area contributed by atoms with Crippen molar-refractivity contribution in [3.8, 4) is 22.4 Å². The van der Waals surface area contributed by atoms with Gasteiger partial charge in [-0.3, -0.25) is 15.1 Å². The highest BCUT2D eigenvalue weighted by molar-refractivity contribution is 7.22. The Morgan fingerprint density at radius 1 is 1.08 bits per heavy atom. The van der Waals surface area contributed by atoms with Gasteiger partial charge in [0, 0.05) is 49.4 Å². The van der Waals surface area contributed by atoms with E-state index in [1.165, 1.54) is 11.3 Å². The molecule has 10 nitrogen and oxygen atoms in total. The molecule has 39 heavy (non-hydrogen) atoms. The van der Waals surface area contributed by atoms with E-state index < -0.39 is 5.41 Å². The van der Waals surface area contributed by atoms with Gasteiger partial charge in [-0.1, -0.05) is 17.4 Å². The number of piperidine rings is 1. The van der Waals surface area contributed by atoms with Gasteiger partial charge in [-0.25, -0.2) is 19.7 Å². The number of aromatic nitrogens is 4. The van der Waals surface area contributed by atoms with Gasteiger partial charge in [0.1, 0.15) is 0 Å². The van der Waals surface area contributed by atoms with E-state index >= 15 is 0 Å². The van der Waals surface area contributed by atoms with Gasteiger partial charge < -0.3 is 15.0 Å². The van der Waals surface area contributed by atoms with Gasteiger partial charge in [0.15, 0.2) is 5.13 Å². The fourth-order valence-corrected chi connectivity index (χ4v) is 5.57. The average Bonchev–Trinajstić information content (AvgIpc) is 3.36. The minimum atomic E-state index is -0.470. The second-order valence-corrected chi connectivity index (χ2v) is 10.6. The molecule has 4 aromatic rings. The van der Waals surface area contributed by atoms with Crippen LogP contribution in [0, 0.1) is 5.41 Å². The van der Waals surface area contributed by atoms with Gasteiger partial charge in [-0.05, 0) is 63.4 Å². The number of pyridine rings is 1. The lowest BCUT2D eigenvalue weighted by Gasteiger charge is -2.37. The summed E-state index contributed by atoms with van der Waals surface area (Å²) in [6, 6.07) is 9.52. The molecule has 1 aliphatic rings. The quantitative estimate of drug-likeness (QED) is 0.307. The Morgan fingerprint density at radius 2 is 1.85 bits per heavy atom. The van der Waals surface area contributed by atoms with Crippen LogP contribution < -0.4 is 15.5 Å². The molecule has 0 radical (unpaired) electrons. The molecule has 0 saturated carbocycles. The molecular formula is C28H31N7O3S. The largest absolute Gasteiger partial charge is 0.466 e. The van der Waals surface area contributed by atoms with E-state index in [1.807, 2.05) is 57.4 Å². The number of rotatable bonds is 7. The number of esters is 1. The summed E-state index contributed by atoms with van der Waals surface area (Å²) < 4.78 is 6.20. The summed E-state index contributed by atoms with van der Waals surface area (Å²) in [5.41, 5.74) is 3.76. The van der Waals surface area contributed by atoms with Crippen LogP contribution in [0.2, 0.25) is 0 Å². The number of hydrogen-bond acceptors (Lipinski definition) is 9. The zero-order chi connectivity index (χ0) is 27.4. The SMILES string of the molecule is CCNC(=O)Nc1nc2cc(-c3cnc(N4CCC(C)(C(=O)OCC)CC4)nc3)cc(-c3ccccn3)c2s1. The van der Waals surface area contributed by atoms with Crippen molar-refractivity contribution in [2.24, 2.45) is 5.41 Å². The summed E-state index contributed by atoms with van der Waals surface area (Å²) in [6.45, 7) is 7.95. The molecule has 5 rings (SSSR count). The smallest absolute Gasteiger partial charge is 0.321 e. The number of carbonyl (C=O) groups excluding carboxylic acids is 2. The van der Waals surface area contributed by atoms with Crippen molar-refractivity contribution in [3.63, 3.8) is 0 Å². The van der Waals surface area contributed by atoms with Crippen LogP contribution in [0.1, 0.15) is 33.6 Å². The molecule has 2 amide bonds. The zero-order valence-electron chi connectivity index (χ0n) is 22.2. The number of nitrogens with zero attached hydrogens (tertiary/aromatic N) is 5. The van der Waals surface area contributed by atoms with Crippen molar-refractivity contribution in [3.05, 3.63) is 48.9 Å². The number of fused-ring (bicyclic) bond motifs is 1. The summed E-state index contributed by atoms with van der Waals surface area (Å²) in [6.07, 6.45) is 6.76. The Morgan fingerprint density at radius 3 is 2.51 bits per heavy atom. The van der Waals surface area contributed by atoms with Crippen LogP contribution in [0.15, 0.2) is 48.9 Å².